The molecule has 0 radical (unpaired) electrons. The Kier molecular flexibility index (Phi) is 9.02. The summed E-state index contributed by atoms with van der Waals surface area (Å²) in [6.07, 6.45) is 2.83. The van der Waals surface area contributed by atoms with Gasteiger partial charge in [0, 0.05) is 51.9 Å². The Hall–Kier alpha value is -4.23. The normalized spacial score (nSPS) is 17.7. The molecular formula is C32H40N6O4. The number of fused-ring (bicyclic) bond motifs is 2. The molecule has 42 heavy (non-hydrogen) atoms. The van der Waals surface area contributed by atoms with Crippen LogP contribution in [0.5, 0.6) is 0 Å². The quantitative estimate of drug-likeness (QED) is 0.495. The van der Waals surface area contributed by atoms with E-state index in [1.165, 1.54) is 9.80 Å². The van der Waals surface area contributed by atoms with Gasteiger partial charge in [0.25, 0.3) is 11.8 Å². The van der Waals surface area contributed by atoms with Gasteiger partial charge in [-0.1, -0.05) is 12.1 Å². The number of hydrogen-bond donors (Lipinski definition) is 2. The first-order valence-electron chi connectivity index (χ1n) is 14.3. The Morgan fingerprint density at radius 1 is 1.00 bits per heavy atom. The van der Waals surface area contributed by atoms with Crippen molar-refractivity contribution in [2.45, 2.75) is 56.5 Å². The summed E-state index contributed by atoms with van der Waals surface area (Å²) in [5, 5.41) is 12.7. The van der Waals surface area contributed by atoms with Gasteiger partial charge >= 0.3 is 0 Å². The maximum Gasteiger partial charge on any atom is 0.253 e. The minimum absolute atomic E-state index is 0.0282. The predicted octanol–water partition coefficient (Wildman–Crippen LogP) is 1.84. The molecule has 0 bridgehead atoms. The first-order chi connectivity index (χ1) is 19.9. The molecule has 1 saturated heterocycles. The van der Waals surface area contributed by atoms with E-state index in [-0.39, 0.29) is 36.7 Å². The number of primary amides is 1. The van der Waals surface area contributed by atoms with Crippen LogP contribution >= 0.6 is 0 Å². The number of likely N-dealkylation sites (tertiary alicyclic amines) is 1. The number of hydrogen-bond acceptors (Lipinski definition) is 6. The predicted molar refractivity (Wildman–Crippen MR) is 159 cm³/mol. The summed E-state index contributed by atoms with van der Waals surface area (Å²) in [7, 11) is 6.76. The van der Waals surface area contributed by atoms with E-state index < -0.39 is 17.4 Å². The van der Waals surface area contributed by atoms with Crippen molar-refractivity contribution >= 4 is 23.6 Å². The average Bonchev–Trinajstić information content (AvgIpc) is 3.40. The second kappa shape index (κ2) is 12.3. The number of aryl methyl sites for hydroxylation is 2. The summed E-state index contributed by atoms with van der Waals surface area (Å²) in [4.78, 5) is 56.9. The van der Waals surface area contributed by atoms with Gasteiger partial charge in [0.1, 0.15) is 11.5 Å². The molecule has 2 atom stereocenters. The number of nitrogens with two attached hydrogens (primary N) is 1. The average molecular weight is 573 g/mol. The Morgan fingerprint density at radius 2 is 1.52 bits per heavy atom. The highest BCUT2D eigenvalue weighted by Crippen LogP contribution is 2.44. The molecule has 2 aliphatic rings. The number of nitriles is 1. The summed E-state index contributed by atoms with van der Waals surface area (Å²) in [5.74, 6) is -0.989. The highest BCUT2D eigenvalue weighted by molar-refractivity contribution is 5.97. The largest absolute Gasteiger partial charge is 0.369 e. The maximum atomic E-state index is 13.7. The lowest BCUT2D eigenvalue weighted by molar-refractivity contribution is -0.130. The second-order valence-corrected chi connectivity index (χ2v) is 11.8. The molecule has 4 amide bonds. The first-order valence-corrected chi connectivity index (χ1v) is 14.3. The first kappa shape index (κ1) is 30.7. The highest BCUT2D eigenvalue weighted by Gasteiger charge is 2.46. The van der Waals surface area contributed by atoms with Crippen molar-refractivity contribution in [2.75, 3.05) is 41.3 Å². The van der Waals surface area contributed by atoms with E-state index in [9.17, 15) is 24.4 Å². The monoisotopic (exact) mass is 572 g/mol. The molecule has 2 aromatic carbocycles. The van der Waals surface area contributed by atoms with Crippen LogP contribution in [0.1, 0.15) is 69.2 Å². The third-order valence-corrected chi connectivity index (χ3v) is 8.46. The van der Waals surface area contributed by atoms with Crippen molar-refractivity contribution in [3.8, 4) is 6.07 Å². The number of nitrogens with zero attached hydrogens (tertiary/aromatic N) is 4. The van der Waals surface area contributed by atoms with Gasteiger partial charge in [-0.3, -0.25) is 19.2 Å². The van der Waals surface area contributed by atoms with Crippen LogP contribution in [0.25, 0.3) is 0 Å². The minimum Gasteiger partial charge on any atom is -0.369 e. The highest BCUT2D eigenvalue weighted by atomic mass is 16.2. The summed E-state index contributed by atoms with van der Waals surface area (Å²) >= 11 is 0. The number of carbonyl (C=O) groups excluding carboxylic acids is 4. The fourth-order valence-corrected chi connectivity index (χ4v) is 6.31. The molecule has 222 valence electrons. The van der Waals surface area contributed by atoms with Crippen molar-refractivity contribution in [1.82, 2.24) is 20.0 Å². The Labute approximate surface area is 247 Å². The molecule has 2 aromatic rings. The fraction of sp³-hybridized carbons (Fsp3) is 0.469. The fourth-order valence-electron chi connectivity index (χ4n) is 6.31. The second-order valence-electron chi connectivity index (χ2n) is 11.8. The van der Waals surface area contributed by atoms with Gasteiger partial charge in [0.15, 0.2) is 0 Å². The van der Waals surface area contributed by atoms with Gasteiger partial charge < -0.3 is 25.8 Å². The van der Waals surface area contributed by atoms with Crippen molar-refractivity contribution < 1.29 is 19.2 Å². The SMILES string of the molecule is C[C@H](CC1(C(N)=O)c2ccc(C(=O)N(C)C)cc2CCc2cc(C(=O)N(C)C)ccc21)NCC(=O)N1CCCC1C#N. The molecule has 1 aliphatic carbocycles. The smallest absolute Gasteiger partial charge is 0.253 e. The van der Waals surface area contributed by atoms with Crippen LogP contribution in [-0.2, 0) is 27.8 Å². The van der Waals surface area contributed by atoms with Gasteiger partial charge in [-0.05, 0) is 85.5 Å². The van der Waals surface area contributed by atoms with Crippen molar-refractivity contribution in [3.05, 3.63) is 69.8 Å². The van der Waals surface area contributed by atoms with E-state index in [2.05, 4.69) is 11.4 Å². The number of rotatable bonds is 8. The lowest BCUT2D eigenvalue weighted by atomic mass is 9.68. The zero-order chi connectivity index (χ0) is 30.8. The third kappa shape index (κ3) is 5.74. The number of benzene rings is 2. The Morgan fingerprint density at radius 3 is 1.98 bits per heavy atom. The van der Waals surface area contributed by atoms with E-state index in [4.69, 9.17) is 5.73 Å². The molecule has 3 N–H and O–H groups in total. The van der Waals surface area contributed by atoms with Gasteiger partial charge in [0.05, 0.1) is 12.6 Å². The molecule has 10 heteroatoms. The molecule has 1 aliphatic heterocycles. The van der Waals surface area contributed by atoms with Crippen LogP contribution in [0.3, 0.4) is 0 Å². The van der Waals surface area contributed by atoms with E-state index in [1.807, 2.05) is 31.2 Å². The Balaban J connectivity index is 1.77. The molecule has 10 nitrogen and oxygen atoms in total. The minimum atomic E-state index is -1.28. The molecule has 4 rings (SSSR count). The number of amides is 4. The standard InChI is InChI=1S/C32H40N6O4/c1-20(35-19-28(39)38-14-6-7-25(38)18-33)17-32(31(34)42)26-12-10-23(29(40)36(2)3)15-21(26)8-9-22-16-24(11-13-27(22)32)30(41)37(4)5/h10-13,15-16,20,25,35H,6-9,14,17,19H2,1-5H3,(H2,34,42)/t20-,25?/m1/s1. The van der Waals surface area contributed by atoms with Crippen molar-refractivity contribution in [3.63, 3.8) is 0 Å². The lowest BCUT2D eigenvalue weighted by Crippen LogP contribution is -2.49. The van der Waals surface area contributed by atoms with Gasteiger partial charge in [0.2, 0.25) is 11.8 Å². The molecule has 0 saturated carbocycles. The summed E-state index contributed by atoms with van der Waals surface area (Å²) in [5.41, 5.74) is 9.19. The van der Waals surface area contributed by atoms with E-state index in [0.717, 1.165) is 28.7 Å². The van der Waals surface area contributed by atoms with Crippen LogP contribution in [0.4, 0.5) is 0 Å². The summed E-state index contributed by atoms with van der Waals surface area (Å²) in [6, 6.07) is 12.2. The topological polar surface area (TPSA) is 140 Å². The van der Waals surface area contributed by atoms with Crippen LogP contribution in [0.15, 0.2) is 36.4 Å². The van der Waals surface area contributed by atoms with Gasteiger partial charge in [-0.25, -0.2) is 0 Å². The van der Waals surface area contributed by atoms with Crippen molar-refractivity contribution in [2.24, 2.45) is 5.73 Å². The van der Waals surface area contributed by atoms with E-state index in [0.29, 0.717) is 36.9 Å². The van der Waals surface area contributed by atoms with Gasteiger partial charge in [-0.15, -0.1) is 0 Å². The molecule has 1 heterocycles. The summed E-state index contributed by atoms with van der Waals surface area (Å²) in [6.45, 7) is 2.49. The molecule has 1 fully saturated rings. The van der Waals surface area contributed by atoms with Crippen LogP contribution < -0.4 is 11.1 Å². The number of carbonyl (C=O) groups is 4. The lowest BCUT2D eigenvalue weighted by Gasteiger charge is -2.36. The third-order valence-electron chi connectivity index (χ3n) is 8.46. The number of nitrogens with one attached hydrogen (secondary N) is 1. The molecular weight excluding hydrogens is 532 g/mol. The molecule has 1 unspecified atom stereocenters. The zero-order valence-electron chi connectivity index (χ0n) is 25.1. The van der Waals surface area contributed by atoms with Crippen LogP contribution in [0, 0.1) is 11.3 Å². The molecule has 0 aromatic heterocycles. The summed E-state index contributed by atoms with van der Waals surface area (Å²) < 4.78 is 0. The van der Waals surface area contributed by atoms with Gasteiger partial charge in [-0.2, -0.15) is 5.26 Å². The van der Waals surface area contributed by atoms with Crippen molar-refractivity contribution in [1.29, 1.82) is 5.26 Å². The maximum absolute atomic E-state index is 13.7. The Bertz CT molecular complexity index is 1370. The van der Waals surface area contributed by atoms with E-state index >= 15 is 0 Å². The zero-order valence-corrected chi connectivity index (χ0v) is 25.1. The van der Waals surface area contributed by atoms with Crippen LogP contribution in [-0.4, -0.2) is 91.7 Å². The van der Waals surface area contributed by atoms with Crippen LogP contribution in [0.2, 0.25) is 0 Å². The van der Waals surface area contributed by atoms with E-state index in [1.54, 1.807) is 45.2 Å². The molecule has 0 spiro atoms.